The zero-order valence-electron chi connectivity index (χ0n) is 10.0. The Hall–Kier alpha value is -2.53. The Balaban J connectivity index is 2.41. The van der Waals surface area contributed by atoms with Crippen molar-refractivity contribution in [3.63, 3.8) is 0 Å². The van der Waals surface area contributed by atoms with Crippen molar-refractivity contribution in [1.29, 1.82) is 0 Å². The van der Waals surface area contributed by atoms with E-state index in [-0.39, 0.29) is 16.9 Å². The average Bonchev–Trinajstić information content (AvgIpc) is 2.38. The fourth-order valence-corrected chi connectivity index (χ4v) is 1.76. The zero-order valence-corrected chi connectivity index (χ0v) is 10.8. The fraction of sp³-hybridized carbons (Fsp3) is 0. The molecule has 2 N–H and O–H groups in total. The number of benzene rings is 2. The number of halogens is 1. The van der Waals surface area contributed by atoms with Gasteiger partial charge in [0.1, 0.15) is 17.1 Å². The Morgan fingerprint density at radius 1 is 1.00 bits per heavy atom. The van der Waals surface area contributed by atoms with Crippen molar-refractivity contribution in [1.82, 2.24) is 0 Å². The van der Waals surface area contributed by atoms with Crippen molar-refractivity contribution in [3.8, 4) is 11.5 Å². The molecular weight excluding hydrogens is 284 g/mol. The van der Waals surface area contributed by atoms with Crippen LogP contribution in [0.1, 0.15) is 20.7 Å². The summed E-state index contributed by atoms with van der Waals surface area (Å²) >= 11 is 5.81. The quantitative estimate of drug-likeness (QED) is 0.900. The molecule has 0 aliphatic carbocycles. The molecule has 0 atom stereocenters. The number of hydrogen-bond donors (Lipinski definition) is 2. The van der Waals surface area contributed by atoms with Crippen LogP contribution in [0.25, 0.3) is 0 Å². The van der Waals surface area contributed by atoms with Crippen molar-refractivity contribution in [2.75, 3.05) is 0 Å². The van der Waals surface area contributed by atoms with Crippen LogP contribution in [0.4, 0.5) is 0 Å². The van der Waals surface area contributed by atoms with Crippen LogP contribution in [-0.2, 0) is 0 Å². The lowest BCUT2D eigenvalue weighted by Gasteiger charge is -2.09. The normalized spacial score (nSPS) is 10.1. The fourth-order valence-electron chi connectivity index (χ4n) is 1.58. The smallest absolute Gasteiger partial charge is 0.339 e. The maximum atomic E-state index is 11.2. The summed E-state index contributed by atoms with van der Waals surface area (Å²) < 4.78 is 5.43. The molecule has 0 saturated heterocycles. The predicted molar refractivity (Wildman–Crippen MR) is 71.9 cm³/mol. The van der Waals surface area contributed by atoms with Gasteiger partial charge in [0.05, 0.1) is 5.56 Å². The van der Waals surface area contributed by atoms with Crippen molar-refractivity contribution >= 4 is 23.5 Å². The van der Waals surface area contributed by atoms with E-state index in [4.69, 9.17) is 26.6 Å². The van der Waals surface area contributed by atoms with E-state index in [1.54, 1.807) is 18.2 Å². The minimum atomic E-state index is -1.27. The summed E-state index contributed by atoms with van der Waals surface area (Å²) in [5.41, 5.74) is -0.356. The van der Waals surface area contributed by atoms with Crippen molar-refractivity contribution in [3.05, 3.63) is 58.6 Å². The Morgan fingerprint density at radius 2 is 1.75 bits per heavy atom. The summed E-state index contributed by atoms with van der Waals surface area (Å²) in [6, 6.07) is 10.1. The highest BCUT2D eigenvalue weighted by atomic mass is 35.5. The maximum Gasteiger partial charge on any atom is 0.339 e. The van der Waals surface area contributed by atoms with Gasteiger partial charge in [-0.1, -0.05) is 17.7 Å². The molecule has 6 heteroatoms. The molecule has 0 amide bonds. The summed E-state index contributed by atoms with van der Waals surface area (Å²) in [7, 11) is 0. The van der Waals surface area contributed by atoms with Gasteiger partial charge in [0, 0.05) is 5.02 Å². The number of carbonyl (C=O) groups is 2. The first kappa shape index (κ1) is 13.9. The first-order valence-electron chi connectivity index (χ1n) is 5.51. The predicted octanol–water partition coefficient (Wildman–Crippen LogP) is 3.53. The summed E-state index contributed by atoms with van der Waals surface area (Å²) in [4.78, 5) is 22.0. The van der Waals surface area contributed by atoms with Gasteiger partial charge in [-0.2, -0.15) is 0 Å². The van der Waals surface area contributed by atoms with E-state index in [0.717, 1.165) is 6.07 Å². The minimum Gasteiger partial charge on any atom is -0.478 e. The van der Waals surface area contributed by atoms with Crippen LogP contribution < -0.4 is 4.74 Å². The van der Waals surface area contributed by atoms with Gasteiger partial charge in [0.15, 0.2) is 0 Å². The first-order valence-corrected chi connectivity index (χ1v) is 5.89. The molecule has 2 rings (SSSR count). The number of rotatable bonds is 4. The number of hydrogen-bond acceptors (Lipinski definition) is 3. The molecule has 0 aliphatic heterocycles. The zero-order chi connectivity index (χ0) is 14.7. The van der Waals surface area contributed by atoms with E-state index >= 15 is 0 Å². The molecule has 5 nitrogen and oxygen atoms in total. The number of carboxylic acid groups (broad SMARTS) is 2. The van der Waals surface area contributed by atoms with Crippen LogP contribution >= 0.6 is 11.6 Å². The molecule has 20 heavy (non-hydrogen) atoms. The van der Waals surface area contributed by atoms with Gasteiger partial charge < -0.3 is 14.9 Å². The average molecular weight is 293 g/mol. The minimum absolute atomic E-state index is 0.0461. The lowest BCUT2D eigenvalue weighted by Crippen LogP contribution is -2.04. The SMILES string of the molecule is O=C(O)c1ccc(Oc2cccc(Cl)c2)c(C(=O)O)c1. The number of aromatic carboxylic acids is 2. The van der Waals surface area contributed by atoms with Gasteiger partial charge in [-0.15, -0.1) is 0 Å². The second-order valence-electron chi connectivity index (χ2n) is 3.88. The molecule has 0 heterocycles. The summed E-state index contributed by atoms with van der Waals surface area (Å²) in [5, 5.41) is 18.4. The highest BCUT2D eigenvalue weighted by Crippen LogP contribution is 2.28. The Morgan fingerprint density at radius 3 is 2.35 bits per heavy atom. The summed E-state index contributed by atoms with van der Waals surface area (Å²) in [5.74, 6) is -2.07. The molecule has 102 valence electrons. The molecule has 2 aromatic rings. The molecule has 0 spiro atoms. The van der Waals surface area contributed by atoms with Gasteiger partial charge >= 0.3 is 11.9 Å². The Kier molecular flexibility index (Phi) is 3.91. The first-order chi connectivity index (χ1) is 9.47. The van der Waals surface area contributed by atoms with Crippen LogP contribution in [0, 0.1) is 0 Å². The third kappa shape index (κ3) is 3.07. The van der Waals surface area contributed by atoms with E-state index in [1.165, 1.54) is 18.2 Å². The van der Waals surface area contributed by atoms with Crippen LogP contribution in [-0.4, -0.2) is 22.2 Å². The monoisotopic (exact) mass is 292 g/mol. The van der Waals surface area contributed by atoms with E-state index in [1.807, 2.05) is 0 Å². The number of ether oxygens (including phenoxy) is 1. The summed E-state index contributed by atoms with van der Waals surface area (Å²) in [6.45, 7) is 0. The lowest BCUT2D eigenvalue weighted by molar-refractivity contribution is 0.0694. The molecule has 2 aromatic carbocycles. The molecule has 0 saturated carbocycles. The van der Waals surface area contributed by atoms with Gasteiger partial charge in [-0.05, 0) is 36.4 Å². The van der Waals surface area contributed by atoms with Crippen molar-refractivity contribution < 1.29 is 24.5 Å². The molecule has 0 aliphatic rings. The highest BCUT2D eigenvalue weighted by Gasteiger charge is 2.15. The van der Waals surface area contributed by atoms with E-state index in [9.17, 15) is 9.59 Å². The molecule has 0 fully saturated rings. The third-order valence-corrected chi connectivity index (χ3v) is 2.72. The molecule has 0 aromatic heterocycles. The Labute approximate surface area is 119 Å². The van der Waals surface area contributed by atoms with E-state index in [0.29, 0.717) is 10.8 Å². The third-order valence-electron chi connectivity index (χ3n) is 2.48. The van der Waals surface area contributed by atoms with E-state index < -0.39 is 11.9 Å². The van der Waals surface area contributed by atoms with Gasteiger partial charge in [0.2, 0.25) is 0 Å². The van der Waals surface area contributed by atoms with Crippen LogP contribution in [0.5, 0.6) is 11.5 Å². The molecular formula is C14H9ClO5. The molecule has 0 bridgehead atoms. The van der Waals surface area contributed by atoms with Crippen LogP contribution in [0.3, 0.4) is 0 Å². The van der Waals surface area contributed by atoms with Crippen molar-refractivity contribution in [2.45, 2.75) is 0 Å². The number of carboxylic acids is 2. The largest absolute Gasteiger partial charge is 0.478 e. The standard InChI is InChI=1S/C14H9ClO5/c15-9-2-1-3-10(7-9)20-12-5-4-8(13(16)17)6-11(12)14(18)19/h1-7H,(H,16,17)(H,18,19). The van der Waals surface area contributed by atoms with Crippen LogP contribution in [0.2, 0.25) is 5.02 Å². The van der Waals surface area contributed by atoms with Crippen molar-refractivity contribution in [2.24, 2.45) is 0 Å². The maximum absolute atomic E-state index is 11.2. The van der Waals surface area contributed by atoms with Crippen LogP contribution in [0.15, 0.2) is 42.5 Å². The second-order valence-corrected chi connectivity index (χ2v) is 4.32. The van der Waals surface area contributed by atoms with E-state index in [2.05, 4.69) is 0 Å². The second kappa shape index (κ2) is 5.63. The summed E-state index contributed by atoms with van der Waals surface area (Å²) in [6.07, 6.45) is 0. The Bertz CT molecular complexity index is 681. The van der Waals surface area contributed by atoms with Gasteiger partial charge in [0.25, 0.3) is 0 Å². The van der Waals surface area contributed by atoms with Gasteiger partial charge in [-0.25, -0.2) is 9.59 Å². The molecule has 0 radical (unpaired) electrons. The molecule has 0 unspecified atom stereocenters. The topological polar surface area (TPSA) is 83.8 Å². The van der Waals surface area contributed by atoms with Gasteiger partial charge in [-0.3, -0.25) is 0 Å². The lowest BCUT2D eigenvalue weighted by atomic mass is 10.1. The highest BCUT2D eigenvalue weighted by molar-refractivity contribution is 6.30.